The highest BCUT2D eigenvalue weighted by Gasteiger charge is 2.27. The zero-order valence-corrected chi connectivity index (χ0v) is 18.7. The average molecular weight is 446 g/mol. The van der Waals surface area contributed by atoms with Gasteiger partial charge in [-0.15, -0.1) is 11.3 Å². The number of thiazole rings is 1. The molecule has 9 heteroatoms. The van der Waals surface area contributed by atoms with Crippen LogP contribution in [0.5, 0.6) is 0 Å². The van der Waals surface area contributed by atoms with Gasteiger partial charge in [-0.05, 0) is 38.5 Å². The molecule has 2 heterocycles. The summed E-state index contributed by atoms with van der Waals surface area (Å²) < 4.78 is 15.1. The highest BCUT2D eigenvalue weighted by atomic mass is 32.1. The lowest BCUT2D eigenvalue weighted by Crippen LogP contribution is -2.42. The third-order valence-corrected chi connectivity index (χ3v) is 5.60. The number of carbonyl (C=O) groups is 1. The molecule has 0 radical (unpaired) electrons. The van der Waals surface area contributed by atoms with Crippen LogP contribution in [-0.2, 0) is 0 Å². The van der Waals surface area contributed by atoms with Gasteiger partial charge in [0.25, 0.3) is 5.91 Å². The first-order valence-corrected chi connectivity index (χ1v) is 11.1. The number of hydrogen-bond acceptors (Lipinski definition) is 7. The number of pyridine rings is 1. The summed E-state index contributed by atoms with van der Waals surface area (Å²) in [5.74, 6) is 0.135. The lowest BCUT2D eigenvalue weighted by Gasteiger charge is -2.22. The van der Waals surface area contributed by atoms with E-state index in [2.05, 4.69) is 32.8 Å². The minimum atomic E-state index is -1.58. The second-order valence-corrected chi connectivity index (χ2v) is 8.77. The molecule has 0 fully saturated rings. The Bertz CT molecular complexity index is 1030. The number of nitrogens with one attached hydrogen (secondary N) is 3. The van der Waals surface area contributed by atoms with Crippen molar-refractivity contribution >= 4 is 44.7 Å². The summed E-state index contributed by atoms with van der Waals surface area (Å²) in [4.78, 5) is 21.3. The molecule has 1 atom stereocenters. The first-order chi connectivity index (χ1) is 14.8. The highest BCUT2D eigenvalue weighted by molar-refractivity contribution is 7.16. The van der Waals surface area contributed by atoms with E-state index in [-0.39, 0.29) is 6.54 Å². The van der Waals surface area contributed by atoms with Gasteiger partial charge >= 0.3 is 0 Å². The summed E-state index contributed by atoms with van der Waals surface area (Å²) in [6.45, 7) is 5.23. The molecule has 0 unspecified atom stereocenters. The highest BCUT2D eigenvalue weighted by Crippen LogP contribution is 2.26. The van der Waals surface area contributed by atoms with E-state index in [1.54, 1.807) is 22.9 Å². The molecule has 166 valence electrons. The standard InChI is InChI=1S/C22H28FN5O2S/c1-4-5-8-24-17-10-20(28-14-6-7-16-18(9-14)31-13-27-16)25-11-15(17)21(29)26-12-19(23)22(2,3)30/h6-7,9-11,13,19,30H,4-5,8,12H2,1-3H3,(H,26,29)(H2,24,25,28)/t19-/m1/s1. The summed E-state index contributed by atoms with van der Waals surface area (Å²) >= 11 is 1.56. The van der Waals surface area contributed by atoms with Gasteiger partial charge in [-0.25, -0.2) is 14.4 Å². The average Bonchev–Trinajstić information content (AvgIpc) is 3.19. The fraction of sp³-hybridized carbons (Fsp3) is 0.409. The van der Waals surface area contributed by atoms with Gasteiger partial charge in [0.05, 0.1) is 39.1 Å². The van der Waals surface area contributed by atoms with E-state index in [1.807, 2.05) is 18.2 Å². The number of nitrogens with zero attached hydrogens (tertiary/aromatic N) is 2. The topological polar surface area (TPSA) is 99.2 Å². The Morgan fingerprint density at radius 1 is 1.29 bits per heavy atom. The second-order valence-electron chi connectivity index (χ2n) is 7.89. The van der Waals surface area contributed by atoms with Crippen LogP contribution in [0.25, 0.3) is 10.2 Å². The maximum Gasteiger partial charge on any atom is 0.255 e. The van der Waals surface area contributed by atoms with E-state index in [9.17, 15) is 14.3 Å². The maximum atomic E-state index is 14.0. The van der Waals surface area contributed by atoms with Crippen molar-refractivity contribution in [3.8, 4) is 0 Å². The van der Waals surface area contributed by atoms with Crippen molar-refractivity contribution in [2.45, 2.75) is 45.4 Å². The Kier molecular flexibility index (Phi) is 7.40. The fourth-order valence-corrected chi connectivity index (χ4v) is 3.58. The third-order valence-electron chi connectivity index (χ3n) is 4.81. The molecule has 1 aromatic carbocycles. The van der Waals surface area contributed by atoms with Crippen LogP contribution in [0.4, 0.5) is 21.6 Å². The zero-order valence-electron chi connectivity index (χ0n) is 17.9. The number of benzene rings is 1. The van der Waals surface area contributed by atoms with Crippen LogP contribution in [0.2, 0.25) is 0 Å². The Morgan fingerprint density at radius 2 is 2.10 bits per heavy atom. The largest absolute Gasteiger partial charge is 0.387 e. The van der Waals surface area contributed by atoms with Gasteiger partial charge < -0.3 is 21.1 Å². The van der Waals surface area contributed by atoms with E-state index >= 15 is 0 Å². The minimum absolute atomic E-state index is 0.286. The van der Waals surface area contributed by atoms with Gasteiger partial charge in [-0.3, -0.25) is 4.79 Å². The number of halogens is 1. The van der Waals surface area contributed by atoms with Gasteiger partial charge in [0, 0.05) is 24.5 Å². The molecule has 1 amide bonds. The van der Waals surface area contributed by atoms with Crippen molar-refractivity contribution in [2.75, 3.05) is 23.7 Å². The SMILES string of the molecule is CCCCNc1cc(Nc2ccc3ncsc3c2)ncc1C(=O)NC[C@@H](F)C(C)(C)O. The second kappa shape index (κ2) is 10.0. The molecule has 0 saturated heterocycles. The Morgan fingerprint density at radius 3 is 2.84 bits per heavy atom. The van der Waals surface area contributed by atoms with Crippen molar-refractivity contribution in [1.82, 2.24) is 15.3 Å². The molecule has 0 saturated carbocycles. The van der Waals surface area contributed by atoms with Crippen LogP contribution in [0, 0.1) is 0 Å². The van der Waals surface area contributed by atoms with Crippen molar-refractivity contribution < 1.29 is 14.3 Å². The summed E-state index contributed by atoms with van der Waals surface area (Å²) in [6, 6.07) is 7.63. The number of unbranched alkanes of at least 4 members (excludes halogenated alkanes) is 1. The van der Waals surface area contributed by atoms with Crippen molar-refractivity contribution in [3.05, 3.63) is 41.5 Å². The van der Waals surface area contributed by atoms with Gasteiger partial charge in [0.2, 0.25) is 0 Å². The minimum Gasteiger partial charge on any atom is -0.387 e. The van der Waals surface area contributed by atoms with E-state index < -0.39 is 17.7 Å². The predicted octanol–water partition coefficient (Wildman–Crippen LogP) is 4.49. The number of amides is 1. The molecule has 7 nitrogen and oxygen atoms in total. The van der Waals surface area contributed by atoms with Crippen LogP contribution in [0.3, 0.4) is 0 Å². The summed E-state index contributed by atoms with van der Waals surface area (Å²) in [7, 11) is 0. The molecule has 0 aliphatic rings. The Balaban J connectivity index is 1.77. The summed E-state index contributed by atoms with van der Waals surface area (Å²) in [6.07, 6.45) is 1.84. The van der Waals surface area contributed by atoms with E-state index in [0.29, 0.717) is 23.6 Å². The number of anilines is 3. The third kappa shape index (κ3) is 6.11. The molecule has 31 heavy (non-hydrogen) atoms. The number of aromatic nitrogens is 2. The quantitative estimate of drug-likeness (QED) is 0.343. The van der Waals surface area contributed by atoms with Crippen LogP contribution in [0.1, 0.15) is 44.0 Å². The first kappa shape index (κ1) is 22.9. The summed E-state index contributed by atoms with van der Waals surface area (Å²) in [5.41, 5.74) is 3.01. The number of hydrogen-bond donors (Lipinski definition) is 4. The van der Waals surface area contributed by atoms with Crippen molar-refractivity contribution in [2.24, 2.45) is 0 Å². The van der Waals surface area contributed by atoms with Crippen LogP contribution >= 0.6 is 11.3 Å². The molecular weight excluding hydrogens is 417 g/mol. The van der Waals surface area contributed by atoms with Gasteiger partial charge in [-0.2, -0.15) is 0 Å². The van der Waals surface area contributed by atoms with Crippen LogP contribution in [-0.4, -0.2) is 45.8 Å². The number of fused-ring (bicyclic) bond motifs is 1. The molecule has 0 aliphatic heterocycles. The fourth-order valence-electron chi connectivity index (χ4n) is 2.86. The Labute approximate surface area is 185 Å². The molecule has 3 rings (SSSR count). The van der Waals surface area contributed by atoms with Crippen LogP contribution in [0.15, 0.2) is 36.0 Å². The van der Waals surface area contributed by atoms with Crippen molar-refractivity contribution in [3.63, 3.8) is 0 Å². The molecule has 3 aromatic rings. The number of carbonyl (C=O) groups excluding carboxylic acids is 1. The predicted molar refractivity (Wildman–Crippen MR) is 124 cm³/mol. The molecule has 0 aliphatic carbocycles. The van der Waals surface area contributed by atoms with E-state index in [4.69, 9.17) is 0 Å². The lowest BCUT2D eigenvalue weighted by atomic mass is 10.0. The number of alkyl halides is 1. The smallest absolute Gasteiger partial charge is 0.255 e. The number of rotatable bonds is 10. The zero-order chi connectivity index (χ0) is 22.4. The van der Waals surface area contributed by atoms with Gasteiger partial charge in [-0.1, -0.05) is 13.3 Å². The first-order valence-electron chi connectivity index (χ1n) is 10.3. The van der Waals surface area contributed by atoms with Crippen molar-refractivity contribution in [1.29, 1.82) is 0 Å². The normalized spacial score (nSPS) is 12.5. The van der Waals surface area contributed by atoms with Crippen LogP contribution < -0.4 is 16.0 Å². The van der Waals surface area contributed by atoms with Gasteiger partial charge in [0.15, 0.2) is 0 Å². The lowest BCUT2D eigenvalue weighted by molar-refractivity contribution is -0.00177. The maximum absolute atomic E-state index is 14.0. The molecule has 0 bridgehead atoms. The van der Waals surface area contributed by atoms with Gasteiger partial charge in [0.1, 0.15) is 12.0 Å². The molecule has 0 spiro atoms. The summed E-state index contributed by atoms with van der Waals surface area (Å²) in [5, 5.41) is 18.8. The Hall–Kier alpha value is -2.78. The van der Waals surface area contributed by atoms with E-state index in [1.165, 1.54) is 20.0 Å². The molecule has 2 aromatic heterocycles. The number of aliphatic hydroxyl groups is 1. The monoisotopic (exact) mass is 445 g/mol. The van der Waals surface area contributed by atoms with E-state index in [0.717, 1.165) is 28.7 Å². The molecular formula is C22H28FN5O2S. The molecule has 4 N–H and O–H groups in total.